The second kappa shape index (κ2) is 11.2. The maximum absolute atomic E-state index is 13.9. The summed E-state index contributed by atoms with van der Waals surface area (Å²) in [6.45, 7) is 8.30. The molecule has 1 atom stereocenters. The number of fused-ring (bicyclic) bond motifs is 1. The first kappa shape index (κ1) is 28.1. The van der Waals surface area contributed by atoms with Gasteiger partial charge in [-0.1, -0.05) is 42.9 Å². The lowest BCUT2D eigenvalue weighted by Gasteiger charge is -2.25. The van der Waals surface area contributed by atoms with E-state index >= 15 is 0 Å². The number of aliphatic hydroxyl groups is 1. The van der Waals surface area contributed by atoms with Crippen LogP contribution in [0, 0.1) is 19.8 Å². The topological polar surface area (TPSA) is 102 Å². The van der Waals surface area contributed by atoms with Crippen molar-refractivity contribution in [1.82, 2.24) is 9.97 Å². The number of hydrogen-bond donors (Lipinski definition) is 1. The Labute approximate surface area is 244 Å². The number of aliphatic hydroxyl groups excluding tert-OH is 1. The van der Waals surface area contributed by atoms with Gasteiger partial charge in [0.25, 0.3) is 5.91 Å². The molecule has 8 nitrogen and oxygen atoms in total. The Morgan fingerprint density at radius 1 is 1.12 bits per heavy atom. The average molecular weight is 598 g/mol. The summed E-state index contributed by atoms with van der Waals surface area (Å²) in [6, 6.07) is 9.56. The molecule has 11 heteroatoms. The fraction of sp³-hybridized carbons (Fsp3) is 0.310. The zero-order valence-electron chi connectivity index (χ0n) is 22.6. The van der Waals surface area contributed by atoms with E-state index in [4.69, 9.17) is 21.1 Å². The first-order valence-corrected chi connectivity index (χ1v) is 14.7. The fourth-order valence-electron chi connectivity index (χ4n) is 4.58. The van der Waals surface area contributed by atoms with Crippen LogP contribution in [0.4, 0.5) is 5.13 Å². The molecule has 1 amide bonds. The number of aryl methyl sites for hydroxylation is 2. The molecule has 2 aromatic carbocycles. The van der Waals surface area contributed by atoms with Gasteiger partial charge in [-0.15, -0.1) is 11.3 Å². The van der Waals surface area contributed by atoms with Crippen molar-refractivity contribution in [2.45, 2.75) is 40.2 Å². The van der Waals surface area contributed by atoms with Crippen LogP contribution < -0.4 is 14.4 Å². The van der Waals surface area contributed by atoms with Gasteiger partial charge >= 0.3 is 0 Å². The van der Waals surface area contributed by atoms with Crippen molar-refractivity contribution < 1.29 is 24.2 Å². The maximum Gasteiger partial charge on any atom is 0.296 e. The van der Waals surface area contributed by atoms with Gasteiger partial charge in [-0.2, -0.15) is 0 Å². The molecule has 40 heavy (non-hydrogen) atoms. The Morgan fingerprint density at radius 2 is 1.90 bits per heavy atom. The Kier molecular flexibility index (Phi) is 7.85. The summed E-state index contributed by atoms with van der Waals surface area (Å²) < 4.78 is 12.4. The van der Waals surface area contributed by atoms with Crippen LogP contribution in [0.25, 0.3) is 10.2 Å². The fourth-order valence-corrected chi connectivity index (χ4v) is 6.72. The number of hydrogen-bond acceptors (Lipinski definition) is 9. The Bertz CT molecular complexity index is 1660. The third kappa shape index (κ3) is 5.18. The number of methoxy groups -OCH3 is 1. The largest absolute Gasteiger partial charge is 0.503 e. The summed E-state index contributed by atoms with van der Waals surface area (Å²) in [6.07, 6.45) is 0.875. The van der Waals surface area contributed by atoms with E-state index in [1.807, 2.05) is 0 Å². The third-order valence-corrected chi connectivity index (χ3v) is 8.89. The van der Waals surface area contributed by atoms with Crippen LogP contribution in [-0.4, -0.2) is 40.5 Å². The molecule has 2 aromatic heterocycles. The molecular weight excluding hydrogens is 570 g/mol. The predicted molar refractivity (Wildman–Crippen MR) is 158 cm³/mol. The van der Waals surface area contributed by atoms with E-state index in [9.17, 15) is 14.7 Å². The average Bonchev–Trinajstić information content (AvgIpc) is 3.56. The van der Waals surface area contributed by atoms with Gasteiger partial charge < -0.3 is 14.6 Å². The number of Topliss-reactive ketones (excluding diaryl/α,β-unsaturated/α-hetero) is 1. The van der Waals surface area contributed by atoms with Gasteiger partial charge in [-0.05, 0) is 62.1 Å². The lowest BCUT2D eigenvalue weighted by molar-refractivity contribution is -0.117. The van der Waals surface area contributed by atoms with Gasteiger partial charge in [-0.3, -0.25) is 14.5 Å². The van der Waals surface area contributed by atoms with Crippen molar-refractivity contribution in [3.05, 3.63) is 73.9 Å². The number of rotatable bonds is 9. The van der Waals surface area contributed by atoms with Crippen LogP contribution in [0.3, 0.4) is 0 Å². The molecule has 0 saturated heterocycles. The van der Waals surface area contributed by atoms with E-state index in [1.165, 1.54) is 34.7 Å². The molecule has 1 N–H and O–H groups in total. The van der Waals surface area contributed by atoms with Gasteiger partial charge in [0.05, 0.1) is 51.1 Å². The lowest BCUT2D eigenvalue weighted by atomic mass is 9.95. The zero-order valence-corrected chi connectivity index (χ0v) is 25.0. The molecule has 208 valence electrons. The quantitative estimate of drug-likeness (QED) is 0.203. The Hall–Kier alpha value is -3.47. The summed E-state index contributed by atoms with van der Waals surface area (Å²) in [5.41, 5.74) is 1.71. The summed E-state index contributed by atoms with van der Waals surface area (Å²) in [5, 5.41) is 12.8. The zero-order chi connectivity index (χ0) is 28.7. The third-order valence-electron chi connectivity index (χ3n) is 6.56. The van der Waals surface area contributed by atoms with Gasteiger partial charge in [0, 0.05) is 5.02 Å². The van der Waals surface area contributed by atoms with E-state index in [0.717, 1.165) is 11.1 Å². The van der Waals surface area contributed by atoms with E-state index in [2.05, 4.69) is 23.8 Å². The van der Waals surface area contributed by atoms with E-state index < -0.39 is 23.5 Å². The van der Waals surface area contributed by atoms with Crippen LogP contribution in [0.2, 0.25) is 5.02 Å². The summed E-state index contributed by atoms with van der Waals surface area (Å²) in [5.74, 6) is -0.308. The highest BCUT2D eigenvalue weighted by atomic mass is 35.5. The summed E-state index contributed by atoms with van der Waals surface area (Å²) >= 11 is 8.67. The number of ketones is 1. The summed E-state index contributed by atoms with van der Waals surface area (Å²) in [4.78, 5) is 38.3. The highest BCUT2D eigenvalue weighted by molar-refractivity contribution is 7.22. The molecule has 3 heterocycles. The van der Waals surface area contributed by atoms with E-state index in [-0.39, 0.29) is 5.57 Å². The van der Waals surface area contributed by atoms with Crippen molar-refractivity contribution in [2.75, 3.05) is 18.6 Å². The molecule has 0 radical (unpaired) electrons. The number of amides is 1. The standard InChI is InChI=1S/C29H28ClN3O5S2/c1-14(2)10-11-38-20-9-6-17(12-21(20)37-5)24-23(25(34)27-15(3)31-16(4)39-27)26(35)28(36)33(24)29-32-19-8-7-18(30)13-22(19)40-29/h6-9,12-14,24,35H,10-11H2,1-5H3. The van der Waals surface area contributed by atoms with Gasteiger partial charge in [-0.25, -0.2) is 9.97 Å². The molecule has 1 aliphatic heterocycles. The number of benzene rings is 2. The molecular formula is C29H28ClN3O5S2. The molecule has 1 aliphatic rings. The maximum atomic E-state index is 13.9. The highest BCUT2D eigenvalue weighted by Gasteiger charge is 2.46. The smallest absolute Gasteiger partial charge is 0.296 e. The van der Waals surface area contributed by atoms with Crippen molar-refractivity contribution in [1.29, 1.82) is 0 Å². The minimum absolute atomic E-state index is 0.0374. The van der Waals surface area contributed by atoms with Crippen LogP contribution in [0.5, 0.6) is 11.5 Å². The number of carbonyl (C=O) groups is 2. The van der Waals surface area contributed by atoms with Gasteiger partial charge in [0.1, 0.15) is 0 Å². The second-order valence-corrected chi connectivity index (χ2v) is 12.5. The molecule has 1 unspecified atom stereocenters. The Balaban J connectivity index is 1.63. The molecule has 0 spiro atoms. The van der Waals surface area contributed by atoms with Crippen LogP contribution >= 0.6 is 34.3 Å². The van der Waals surface area contributed by atoms with Crippen LogP contribution in [0.15, 0.2) is 47.7 Å². The highest BCUT2D eigenvalue weighted by Crippen LogP contribution is 2.46. The molecule has 0 aliphatic carbocycles. The van der Waals surface area contributed by atoms with Crippen molar-refractivity contribution in [3.63, 3.8) is 0 Å². The number of carbonyl (C=O) groups excluding carboxylic acids is 2. The predicted octanol–water partition coefficient (Wildman–Crippen LogP) is 7.24. The van der Waals surface area contributed by atoms with Crippen molar-refractivity contribution in [3.8, 4) is 11.5 Å². The monoisotopic (exact) mass is 597 g/mol. The van der Waals surface area contributed by atoms with Crippen LogP contribution in [-0.2, 0) is 4.79 Å². The van der Waals surface area contributed by atoms with Crippen LogP contribution in [0.1, 0.15) is 52.2 Å². The van der Waals surface area contributed by atoms with E-state index in [1.54, 1.807) is 50.2 Å². The number of nitrogens with zero attached hydrogens (tertiary/aromatic N) is 3. The Morgan fingerprint density at radius 3 is 2.58 bits per heavy atom. The molecule has 0 fully saturated rings. The molecule has 0 saturated carbocycles. The molecule has 5 rings (SSSR count). The number of ether oxygens (including phenoxy) is 2. The first-order valence-electron chi connectivity index (χ1n) is 12.7. The van der Waals surface area contributed by atoms with Crippen molar-refractivity contribution in [2.24, 2.45) is 5.92 Å². The number of aromatic nitrogens is 2. The van der Waals surface area contributed by atoms with Gasteiger partial charge in [0.15, 0.2) is 22.4 Å². The SMILES string of the molecule is COc1cc(C2C(C(=O)c3sc(C)nc3C)=C(O)C(=O)N2c2nc3ccc(Cl)cc3s2)ccc1OCCC(C)C. The first-order chi connectivity index (χ1) is 19.1. The minimum atomic E-state index is -0.962. The normalized spacial score (nSPS) is 15.5. The number of halogens is 1. The second-order valence-electron chi connectivity index (χ2n) is 9.87. The number of anilines is 1. The van der Waals surface area contributed by atoms with Gasteiger partial charge in [0.2, 0.25) is 5.78 Å². The minimum Gasteiger partial charge on any atom is -0.503 e. The summed E-state index contributed by atoms with van der Waals surface area (Å²) in [7, 11) is 1.53. The molecule has 0 bridgehead atoms. The number of thiazole rings is 2. The molecule has 4 aromatic rings. The van der Waals surface area contributed by atoms with E-state index in [0.29, 0.717) is 60.8 Å². The van der Waals surface area contributed by atoms with Crippen molar-refractivity contribution >= 4 is 61.3 Å². The lowest BCUT2D eigenvalue weighted by Crippen LogP contribution is -2.31.